The van der Waals surface area contributed by atoms with Crippen LogP contribution in [0.2, 0.25) is 0 Å². The van der Waals surface area contributed by atoms with Crippen molar-refractivity contribution < 1.29 is 63.2 Å². The molecule has 2 fully saturated rings. The normalized spacial score (nSPS) is 39.0. The van der Waals surface area contributed by atoms with Crippen LogP contribution in [0.3, 0.4) is 0 Å². The van der Waals surface area contributed by atoms with Gasteiger partial charge in [0.2, 0.25) is 5.91 Å². The highest BCUT2D eigenvalue weighted by atomic mass is 79.9. The quantitative estimate of drug-likeness (QED) is 0.146. The molecular formula is C18H28BrNO13. The van der Waals surface area contributed by atoms with Crippen LogP contribution in [0.25, 0.3) is 0 Å². The molecule has 14 nitrogen and oxygen atoms in total. The van der Waals surface area contributed by atoms with Crippen LogP contribution in [-0.4, -0.2) is 126 Å². The van der Waals surface area contributed by atoms with Gasteiger partial charge in [-0.2, -0.15) is 0 Å². The van der Waals surface area contributed by atoms with Gasteiger partial charge in [0.05, 0.1) is 0 Å². The fourth-order valence-corrected chi connectivity index (χ4v) is 3.75. The Kier molecular flexibility index (Phi) is 10.4. The van der Waals surface area contributed by atoms with E-state index in [9.17, 15) is 34.8 Å². The lowest BCUT2D eigenvalue weighted by Crippen LogP contribution is -2.68. The number of esters is 1. The van der Waals surface area contributed by atoms with Crippen LogP contribution in [0.1, 0.15) is 6.92 Å². The van der Waals surface area contributed by atoms with Gasteiger partial charge in [0.15, 0.2) is 18.7 Å². The summed E-state index contributed by atoms with van der Waals surface area (Å²) < 4.78 is 31.7. The molecule has 5 N–H and O–H groups in total. The second kappa shape index (κ2) is 12.3. The predicted molar refractivity (Wildman–Crippen MR) is 108 cm³/mol. The number of amides is 1. The Morgan fingerprint density at radius 1 is 0.970 bits per heavy atom. The number of carboxylic acids is 1. The first-order chi connectivity index (χ1) is 15.5. The van der Waals surface area contributed by atoms with E-state index in [0.29, 0.717) is 0 Å². The van der Waals surface area contributed by atoms with E-state index < -0.39 is 85.8 Å². The highest BCUT2D eigenvalue weighted by Crippen LogP contribution is 2.30. The van der Waals surface area contributed by atoms with Gasteiger partial charge in [0.25, 0.3) is 0 Å². The first kappa shape index (κ1) is 27.8. The molecule has 2 aliphatic rings. The molecule has 0 aliphatic carbocycles. The summed E-state index contributed by atoms with van der Waals surface area (Å²) in [6.07, 6.45) is -13.7. The van der Waals surface area contributed by atoms with Gasteiger partial charge in [-0.05, 0) is 0 Å². The standard InChI is InChI=1S/C18H28BrNO13/c1-6(21)20-9-13(10(23)7(31-17(9)29-3)5-30-8(22)4-19)32-18-12(25)11(24)14(28-2)15(33-18)16(26)27/h7,9-15,17-18,23-25H,4-5H2,1-3H3,(H,20,21)(H,26,27)/t7?,9?,10-,11-,12?,13-,14+,15?,17-,18-/m1/s1. The maximum atomic E-state index is 11.7. The van der Waals surface area contributed by atoms with E-state index in [1.165, 1.54) is 14.0 Å². The first-order valence-electron chi connectivity index (χ1n) is 9.83. The average Bonchev–Trinajstić information content (AvgIpc) is 2.77. The number of carbonyl (C=O) groups is 3. The number of carbonyl (C=O) groups excluding carboxylic acids is 2. The van der Waals surface area contributed by atoms with E-state index >= 15 is 0 Å². The van der Waals surface area contributed by atoms with Crippen LogP contribution in [0.4, 0.5) is 0 Å². The number of alkyl halides is 1. The third-order valence-corrected chi connectivity index (χ3v) is 5.60. The van der Waals surface area contributed by atoms with Crippen LogP contribution in [0.5, 0.6) is 0 Å². The van der Waals surface area contributed by atoms with Gasteiger partial charge < -0.3 is 54.2 Å². The Morgan fingerprint density at radius 3 is 2.15 bits per heavy atom. The zero-order valence-corrected chi connectivity index (χ0v) is 19.6. The zero-order valence-electron chi connectivity index (χ0n) is 18.0. The molecule has 1 amide bonds. The molecular weight excluding hydrogens is 518 g/mol. The van der Waals surface area contributed by atoms with Crippen molar-refractivity contribution in [2.45, 2.75) is 68.3 Å². The van der Waals surface area contributed by atoms with Crippen molar-refractivity contribution in [3.05, 3.63) is 0 Å². The van der Waals surface area contributed by atoms with Crippen molar-refractivity contribution in [3.8, 4) is 0 Å². The van der Waals surface area contributed by atoms with Gasteiger partial charge in [-0.15, -0.1) is 0 Å². The van der Waals surface area contributed by atoms with E-state index in [0.717, 1.165) is 7.11 Å². The molecule has 2 heterocycles. The fourth-order valence-electron chi connectivity index (χ4n) is 3.59. The maximum Gasteiger partial charge on any atom is 0.335 e. The molecule has 2 saturated heterocycles. The molecule has 0 aromatic rings. The van der Waals surface area contributed by atoms with E-state index in [2.05, 4.69) is 21.2 Å². The Balaban J connectivity index is 2.30. The van der Waals surface area contributed by atoms with Gasteiger partial charge in [-0.1, -0.05) is 15.9 Å². The Labute approximate surface area is 197 Å². The first-order valence-corrected chi connectivity index (χ1v) is 11.0. The maximum absolute atomic E-state index is 11.7. The van der Waals surface area contributed by atoms with Crippen LogP contribution < -0.4 is 5.32 Å². The predicted octanol–water partition coefficient (Wildman–Crippen LogP) is -2.91. The van der Waals surface area contributed by atoms with Gasteiger partial charge in [-0.25, -0.2) is 4.79 Å². The summed E-state index contributed by atoms with van der Waals surface area (Å²) in [4.78, 5) is 34.8. The molecule has 0 aromatic carbocycles. The molecule has 0 spiro atoms. The number of aliphatic hydroxyl groups excluding tert-OH is 3. The molecule has 15 heteroatoms. The van der Waals surface area contributed by atoms with Crippen molar-refractivity contribution in [2.75, 3.05) is 26.2 Å². The van der Waals surface area contributed by atoms with Crippen molar-refractivity contribution in [2.24, 2.45) is 0 Å². The lowest BCUT2D eigenvalue weighted by Gasteiger charge is -2.47. The summed E-state index contributed by atoms with van der Waals surface area (Å²) in [7, 11) is 2.40. The Hall–Kier alpha value is -1.43. The molecule has 0 saturated carbocycles. The number of methoxy groups -OCH3 is 2. The lowest BCUT2D eigenvalue weighted by atomic mass is 9.95. The summed E-state index contributed by atoms with van der Waals surface area (Å²) in [5, 5.41) is 43.4. The largest absolute Gasteiger partial charge is 0.479 e. The molecule has 0 aromatic heterocycles. The number of carboxylic acid groups (broad SMARTS) is 1. The van der Waals surface area contributed by atoms with Gasteiger partial charge >= 0.3 is 11.9 Å². The van der Waals surface area contributed by atoms with Gasteiger partial charge in [0, 0.05) is 21.1 Å². The number of nitrogens with one attached hydrogen (secondary N) is 1. The minimum atomic E-state index is -1.77. The summed E-state index contributed by atoms with van der Waals surface area (Å²) in [6.45, 7) is 0.789. The zero-order chi connectivity index (χ0) is 24.9. The van der Waals surface area contributed by atoms with Crippen molar-refractivity contribution in [1.29, 1.82) is 0 Å². The number of ether oxygens (including phenoxy) is 6. The molecule has 2 aliphatic heterocycles. The van der Waals surface area contributed by atoms with Crippen LogP contribution in [-0.2, 0) is 42.8 Å². The molecule has 2 rings (SSSR count). The van der Waals surface area contributed by atoms with Crippen molar-refractivity contribution in [1.82, 2.24) is 5.32 Å². The Bertz CT molecular complexity index is 696. The number of rotatable bonds is 9. The molecule has 0 radical (unpaired) electrons. The molecule has 10 atom stereocenters. The fraction of sp³-hybridized carbons (Fsp3) is 0.833. The second-order valence-corrected chi connectivity index (χ2v) is 7.92. The minimum absolute atomic E-state index is 0.102. The molecule has 0 bridgehead atoms. The molecule has 33 heavy (non-hydrogen) atoms. The highest BCUT2D eigenvalue weighted by Gasteiger charge is 2.53. The van der Waals surface area contributed by atoms with E-state index in [4.69, 9.17) is 28.4 Å². The second-order valence-electron chi connectivity index (χ2n) is 7.36. The highest BCUT2D eigenvalue weighted by molar-refractivity contribution is 9.09. The monoisotopic (exact) mass is 545 g/mol. The van der Waals surface area contributed by atoms with E-state index in [-0.39, 0.29) is 5.33 Å². The minimum Gasteiger partial charge on any atom is -0.479 e. The topological polar surface area (TPSA) is 200 Å². The summed E-state index contributed by atoms with van der Waals surface area (Å²) in [5.41, 5.74) is 0. The van der Waals surface area contributed by atoms with E-state index in [1.807, 2.05) is 0 Å². The van der Waals surface area contributed by atoms with Gasteiger partial charge in [-0.3, -0.25) is 9.59 Å². The van der Waals surface area contributed by atoms with Crippen molar-refractivity contribution in [3.63, 3.8) is 0 Å². The SMILES string of the molecule is CO[C@@H]1OC(COC(=O)CBr)[C@@H](O)[C@H](O[C@@H]2OC(C(=O)O)[C@@H](OC)[C@H](O)C2O)C1NC(C)=O. The number of halogens is 1. The van der Waals surface area contributed by atoms with Crippen LogP contribution in [0.15, 0.2) is 0 Å². The smallest absolute Gasteiger partial charge is 0.335 e. The third kappa shape index (κ3) is 6.58. The molecule has 190 valence electrons. The summed E-state index contributed by atoms with van der Waals surface area (Å²) in [5.74, 6) is -2.66. The number of hydrogen-bond donors (Lipinski definition) is 5. The van der Waals surface area contributed by atoms with Crippen molar-refractivity contribution >= 4 is 33.8 Å². The third-order valence-electron chi connectivity index (χ3n) is 5.14. The van der Waals surface area contributed by atoms with Crippen LogP contribution >= 0.6 is 15.9 Å². The van der Waals surface area contributed by atoms with E-state index in [1.54, 1.807) is 0 Å². The summed E-state index contributed by atoms with van der Waals surface area (Å²) in [6, 6.07) is -1.15. The lowest BCUT2D eigenvalue weighted by molar-refractivity contribution is -0.340. The number of hydrogen-bond acceptors (Lipinski definition) is 12. The Morgan fingerprint density at radius 2 is 1.64 bits per heavy atom. The average molecular weight is 546 g/mol. The molecule has 4 unspecified atom stereocenters. The van der Waals surface area contributed by atoms with Crippen LogP contribution in [0, 0.1) is 0 Å². The number of aliphatic hydroxyl groups is 3. The number of aliphatic carboxylic acids is 1. The summed E-state index contributed by atoms with van der Waals surface area (Å²) >= 11 is 2.93. The van der Waals surface area contributed by atoms with Gasteiger partial charge in [0.1, 0.15) is 54.6 Å².